The zero-order valence-corrected chi connectivity index (χ0v) is 10.2. The monoisotopic (exact) mass is 254 g/mol. The summed E-state index contributed by atoms with van der Waals surface area (Å²) in [7, 11) is 1.71. The maximum Gasteiger partial charge on any atom is 0.394 e. The Balaban J connectivity index is 2.34. The van der Waals surface area contributed by atoms with Crippen LogP contribution in [0.15, 0.2) is 0 Å². The SMILES string of the molecule is CN(CC1CCCOC1)CC(CN)C(F)(F)F. The summed E-state index contributed by atoms with van der Waals surface area (Å²) in [5, 5.41) is 0. The lowest BCUT2D eigenvalue weighted by molar-refractivity contribution is -0.176. The van der Waals surface area contributed by atoms with E-state index < -0.39 is 12.1 Å². The molecule has 0 spiro atoms. The van der Waals surface area contributed by atoms with Gasteiger partial charge in [-0.05, 0) is 25.8 Å². The highest BCUT2D eigenvalue weighted by atomic mass is 19.4. The van der Waals surface area contributed by atoms with Crippen molar-refractivity contribution in [2.75, 3.05) is 39.9 Å². The normalized spacial score (nSPS) is 24.0. The summed E-state index contributed by atoms with van der Waals surface area (Å²) in [6, 6.07) is 0. The van der Waals surface area contributed by atoms with E-state index in [0.717, 1.165) is 19.4 Å². The van der Waals surface area contributed by atoms with Crippen molar-refractivity contribution in [3.63, 3.8) is 0 Å². The number of nitrogens with two attached hydrogens (primary N) is 1. The second-order valence-electron chi connectivity index (χ2n) is 4.78. The van der Waals surface area contributed by atoms with Gasteiger partial charge in [0.15, 0.2) is 0 Å². The van der Waals surface area contributed by atoms with Crippen LogP contribution in [-0.4, -0.2) is 51.0 Å². The van der Waals surface area contributed by atoms with Gasteiger partial charge in [0.2, 0.25) is 0 Å². The Morgan fingerprint density at radius 1 is 1.47 bits per heavy atom. The first-order valence-corrected chi connectivity index (χ1v) is 5.96. The third-order valence-corrected chi connectivity index (χ3v) is 3.10. The summed E-state index contributed by atoms with van der Waals surface area (Å²) in [5.74, 6) is -1.09. The van der Waals surface area contributed by atoms with E-state index in [9.17, 15) is 13.2 Å². The molecule has 1 rings (SSSR count). The summed E-state index contributed by atoms with van der Waals surface area (Å²) >= 11 is 0. The molecule has 1 aliphatic heterocycles. The van der Waals surface area contributed by atoms with E-state index in [1.54, 1.807) is 11.9 Å². The highest BCUT2D eigenvalue weighted by molar-refractivity contribution is 4.74. The van der Waals surface area contributed by atoms with E-state index in [-0.39, 0.29) is 13.1 Å². The van der Waals surface area contributed by atoms with E-state index in [2.05, 4.69) is 0 Å². The zero-order chi connectivity index (χ0) is 12.9. The Hall–Kier alpha value is -0.330. The van der Waals surface area contributed by atoms with Gasteiger partial charge in [0.25, 0.3) is 0 Å². The maximum absolute atomic E-state index is 12.5. The number of halogens is 3. The van der Waals surface area contributed by atoms with Crippen LogP contribution in [0, 0.1) is 11.8 Å². The molecule has 0 radical (unpaired) electrons. The van der Waals surface area contributed by atoms with Crippen LogP contribution in [0.4, 0.5) is 13.2 Å². The topological polar surface area (TPSA) is 38.5 Å². The van der Waals surface area contributed by atoms with Crippen molar-refractivity contribution in [1.82, 2.24) is 4.90 Å². The van der Waals surface area contributed by atoms with E-state index in [1.165, 1.54) is 0 Å². The summed E-state index contributed by atoms with van der Waals surface area (Å²) in [5.41, 5.74) is 5.17. The van der Waals surface area contributed by atoms with Crippen LogP contribution < -0.4 is 5.73 Å². The first kappa shape index (κ1) is 14.7. The second kappa shape index (κ2) is 6.56. The molecule has 0 bridgehead atoms. The fraction of sp³-hybridized carbons (Fsp3) is 1.00. The highest BCUT2D eigenvalue weighted by Crippen LogP contribution is 2.26. The van der Waals surface area contributed by atoms with Crippen LogP contribution in [-0.2, 0) is 4.74 Å². The molecule has 1 fully saturated rings. The molecule has 2 unspecified atom stereocenters. The molecular weight excluding hydrogens is 233 g/mol. The van der Waals surface area contributed by atoms with Gasteiger partial charge in [-0.25, -0.2) is 0 Å². The molecule has 1 saturated heterocycles. The number of rotatable bonds is 5. The minimum Gasteiger partial charge on any atom is -0.381 e. The molecule has 0 saturated carbocycles. The number of hydrogen-bond acceptors (Lipinski definition) is 3. The average molecular weight is 254 g/mol. The minimum atomic E-state index is -4.20. The molecule has 102 valence electrons. The molecule has 0 aromatic carbocycles. The third-order valence-electron chi connectivity index (χ3n) is 3.10. The quantitative estimate of drug-likeness (QED) is 0.807. The van der Waals surface area contributed by atoms with Gasteiger partial charge in [0, 0.05) is 26.2 Å². The Morgan fingerprint density at radius 3 is 2.65 bits per heavy atom. The van der Waals surface area contributed by atoms with E-state index >= 15 is 0 Å². The molecule has 2 atom stereocenters. The number of hydrogen-bond donors (Lipinski definition) is 1. The van der Waals surface area contributed by atoms with Gasteiger partial charge in [-0.3, -0.25) is 0 Å². The van der Waals surface area contributed by atoms with Crippen molar-refractivity contribution in [2.45, 2.75) is 19.0 Å². The molecule has 0 aliphatic carbocycles. The summed E-state index contributed by atoms with van der Waals surface area (Å²) < 4.78 is 42.9. The van der Waals surface area contributed by atoms with E-state index in [0.29, 0.717) is 19.1 Å². The van der Waals surface area contributed by atoms with Gasteiger partial charge >= 0.3 is 6.18 Å². The van der Waals surface area contributed by atoms with Gasteiger partial charge in [0.1, 0.15) is 0 Å². The average Bonchev–Trinajstić information content (AvgIpc) is 2.25. The molecule has 2 N–H and O–H groups in total. The van der Waals surface area contributed by atoms with Crippen molar-refractivity contribution in [3.05, 3.63) is 0 Å². The van der Waals surface area contributed by atoms with Crippen LogP contribution in [0.3, 0.4) is 0 Å². The molecule has 3 nitrogen and oxygen atoms in total. The van der Waals surface area contributed by atoms with Gasteiger partial charge in [-0.15, -0.1) is 0 Å². The Bertz CT molecular complexity index is 217. The van der Waals surface area contributed by atoms with Crippen LogP contribution in [0.5, 0.6) is 0 Å². The minimum absolute atomic E-state index is 0.0312. The molecule has 0 aromatic rings. The second-order valence-corrected chi connectivity index (χ2v) is 4.78. The lowest BCUT2D eigenvalue weighted by Crippen LogP contribution is -2.41. The molecule has 6 heteroatoms. The van der Waals surface area contributed by atoms with Crippen LogP contribution >= 0.6 is 0 Å². The summed E-state index contributed by atoms with van der Waals surface area (Å²) in [6.07, 6.45) is -2.17. The van der Waals surface area contributed by atoms with E-state index in [4.69, 9.17) is 10.5 Å². The molecule has 1 heterocycles. The van der Waals surface area contributed by atoms with Crippen molar-refractivity contribution in [3.8, 4) is 0 Å². The molecule has 17 heavy (non-hydrogen) atoms. The largest absolute Gasteiger partial charge is 0.394 e. The molecule has 0 aromatic heterocycles. The predicted molar refractivity (Wildman–Crippen MR) is 59.6 cm³/mol. The summed E-state index contributed by atoms with van der Waals surface area (Å²) in [4.78, 5) is 1.71. The van der Waals surface area contributed by atoms with Crippen LogP contribution in [0.25, 0.3) is 0 Å². The van der Waals surface area contributed by atoms with E-state index in [1.807, 2.05) is 0 Å². The van der Waals surface area contributed by atoms with Gasteiger partial charge in [-0.1, -0.05) is 0 Å². The highest BCUT2D eigenvalue weighted by Gasteiger charge is 2.39. The maximum atomic E-state index is 12.5. The van der Waals surface area contributed by atoms with Crippen LogP contribution in [0.2, 0.25) is 0 Å². The third kappa shape index (κ3) is 5.23. The van der Waals surface area contributed by atoms with Gasteiger partial charge < -0.3 is 15.4 Å². The smallest absolute Gasteiger partial charge is 0.381 e. The number of nitrogens with zero attached hydrogens (tertiary/aromatic N) is 1. The molecule has 1 aliphatic rings. The lowest BCUT2D eigenvalue weighted by atomic mass is 10.0. The fourth-order valence-corrected chi connectivity index (χ4v) is 2.15. The Labute approximate surface area is 100 Å². The predicted octanol–water partition coefficient (Wildman–Crippen LogP) is 1.48. The lowest BCUT2D eigenvalue weighted by Gasteiger charge is -2.30. The van der Waals surface area contributed by atoms with Crippen molar-refractivity contribution in [2.24, 2.45) is 17.6 Å². The van der Waals surface area contributed by atoms with Gasteiger partial charge in [0.05, 0.1) is 12.5 Å². The van der Waals surface area contributed by atoms with Crippen molar-refractivity contribution >= 4 is 0 Å². The van der Waals surface area contributed by atoms with Crippen LogP contribution in [0.1, 0.15) is 12.8 Å². The number of ether oxygens (including phenoxy) is 1. The standard InChI is InChI=1S/C11H21F3N2O/c1-16(6-9-3-2-4-17-8-9)7-10(5-15)11(12,13)14/h9-10H,2-8,15H2,1H3. The molecular formula is C11H21F3N2O. The first-order valence-electron chi connectivity index (χ1n) is 5.96. The fourth-order valence-electron chi connectivity index (χ4n) is 2.15. The van der Waals surface area contributed by atoms with Crippen molar-refractivity contribution in [1.29, 1.82) is 0 Å². The van der Waals surface area contributed by atoms with Gasteiger partial charge in [-0.2, -0.15) is 13.2 Å². The summed E-state index contributed by atoms with van der Waals surface area (Å²) in [6.45, 7) is 1.69. The Kier molecular flexibility index (Phi) is 5.69. The zero-order valence-electron chi connectivity index (χ0n) is 10.2. The molecule has 0 amide bonds. The Morgan fingerprint density at radius 2 is 2.18 bits per heavy atom. The van der Waals surface area contributed by atoms with Crippen molar-refractivity contribution < 1.29 is 17.9 Å². The first-order chi connectivity index (χ1) is 7.93. The number of alkyl halides is 3.